The maximum absolute atomic E-state index is 11.0. The molecule has 1 fully saturated rings. The van der Waals surface area contributed by atoms with Gasteiger partial charge in [0, 0.05) is 12.0 Å². The fraction of sp³-hybridized carbons (Fsp3) is 0.667. The minimum Gasteiger partial charge on any atom is -0.328 e. The highest BCUT2D eigenvalue weighted by atomic mass is 16.1. The third-order valence-corrected chi connectivity index (χ3v) is 2.23. The third kappa shape index (κ3) is 2.06. The van der Waals surface area contributed by atoms with Gasteiger partial charge in [-0.25, -0.2) is 0 Å². The first-order valence-electron chi connectivity index (χ1n) is 4.00. The van der Waals surface area contributed by atoms with Crippen molar-refractivity contribution in [2.24, 2.45) is 11.7 Å². The molecule has 0 heterocycles. The normalized spacial score (nSPS) is 30.9. The number of carbonyl (C=O) groups is 1. The summed E-state index contributed by atoms with van der Waals surface area (Å²) in [5.74, 6) is 2.14. The average Bonchev–Trinajstić information content (AvgIpc) is 2.03. The summed E-state index contributed by atoms with van der Waals surface area (Å²) in [6.07, 6.45) is 8.79. The lowest BCUT2D eigenvalue weighted by atomic mass is 9.84. The fourth-order valence-corrected chi connectivity index (χ4v) is 1.58. The maximum atomic E-state index is 11.0. The van der Waals surface area contributed by atoms with Crippen molar-refractivity contribution in [3.63, 3.8) is 0 Å². The minimum atomic E-state index is -0.0693. The molecule has 0 amide bonds. The molecule has 0 aliphatic heterocycles. The lowest BCUT2D eigenvalue weighted by Crippen LogP contribution is -2.31. The van der Waals surface area contributed by atoms with Crippen molar-refractivity contribution in [3.8, 4) is 12.3 Å². The molecule has 1 aliphatic rings. The van der Waals surface area contributed by atoms with Crippen LogP contribution in [0.1, 0.15) is 25.7 Å². The zero-order valence-corrected chi connectivity index (χ0v) is 6.55. The number of ketones is 1. The first kappa shape index (κ1) is 8.29. The molecule has 0 saturated heterocycles. The number of Topliss-reactive ketones (excluding diaryl/α,β-unsaturated/α-hetero) is 1. The summed E-state index contributed by atoms with van der Waals surface area (Å²) in [5.41, 5.74) is 5.70. The second-order valence-corrected chi connectivity index (χ2v) is 3.13. The van der Waals surface area contributed by atoms with Crippen LogP contribution in [-0.2, 0) is 4.79 Å². The molecule has 1 aliphatic carbocycles. The summed E-state index contributed by atoms with van der Waals surface area (Å²) in [7, 11) is 0. The van der Waals surface area contributed by atoms with Crippen LogP contribution in [-0.4, -0.2) is 11.8 Å². The third-order valence-electron chi connectivity index (χ3n) is 2.23. The second-order valence-electron chi connectivity index (χ2n) is 3.13. The molecule has 0 aromatic rings. The highest BCUT2D eigenvalue weighted by Gasteiger charge is 2.23. The molecule has 2 unspecified atom stereocenters. The van der Waals surface area contributed by atoms with Crippen molar-refractivity contribution >= 4 is 5.78 Å². The topological polar surface area (TPSA) is 43.1 Å². The van der Waals surface area contributed by atoms with E-state index in [9.17, 15) is 4.79 Å². The molecular formula is C9H13NO. The summed E-state index contributed by atoms with van der Waals surface area (Å²) in [6, 6.07) is 0.186. The molecule has 1 rings (SSSR count). The van der Waals surface area contributed by atoms with Crippen molar-refractivity contribution in [2.45, 2.75) is 31.7 Å². The average molecular weight is 151 g/mol. The summed E-state index contributed by atoms with van der Waals surface area (Å²) in [4.78, 5) is 11.0. The fourth-order valence-electron chi connectivity index (χ4n) is 1.58. The van der Waals surface area contributed by atoms with Gasteiger partial charge in [-0.05, 0) is 25.2 Å². The van der Waals surface area contributed by atoms with Crippen LogP contribution in [0.5, 0.6) is 0 Å². The Kier molecular flexibility index (Phi) is 2.67. The number of nitrogens with two attached hydrogens (primary N) is 1. The summed E-state index contributed by atoms with van der Waals surface area (Å²) < 4.78 is 0. The van der Waals surface area contributed by atoms with Gasteiger partial charge in [0.15, 0.2) is 0 Å². The van der Waals surface area contributed by atoms with Crippen molar-refractivity contribution in [1.82, 2.24) is 0 Å². The molecule has 0 radical (unpaired) electrons. The lowest BCUT2D eigenvalue weighted by molar-refractivity contribution is -0.118. The van der Waals surface area contributed by atoms with Gasteiger partial charge in [0.1, 0.15) is 0 Å². The molecule has 0 bridgehead atoms. The lowest BCUT2D eigenvalue weighted by Gasteiger charge is -2.23. The Labute approximate surface area is 67.2 Å². The van der Waals surface area contributed by atoms with Gasteiger partial charge in [0.25, 0.3) is 0 Å². The van der Waals surface area contributed by atoms with Crippen LogP contribution < -0.4 is 5.73 Å². The van der Waals surface area contributed by atoms with Gasteiger partial charge in [0.05, 0.1) is 0 Å². The molecule has 2 atom stereocenters. The Balaban J connectivity index is 2.47. The number of hydrogen-bond acceptors (Lipinski definition) is 2. The van der Waals surface area contributed by atoms with E-state index in [0.29, 0.717) is 0 Å². The van der Waals surface area contributed by atoms with Crippen LogP contribution in [0.25, 0.3) is 0 Å². The molecule has 0 spiro atoms. The van der Waals surface area contributed by atoms with Gasteiger partial charge in [0.2, 0.25) is 5.78 Å². The van der Waals surface area contributed by atoms with Gasteiger partial charge in [-0.15, -0.1) is 6.42 Å². The smallest absolute Gasteiger partial charge is 0.208 e. The van der Waals surface area contributed by atoms with E-state index in [1.807, 2.05) is 0 Å². The van der Waals surface area contributed by atoms with Gasteiger partial charge >= 0.3 is 0 Å². The van der Waals surface area contributed by atoms with Crippen LogP contribution in [0.15, 0.2) is 0 Å². The van der Waals surface area contributed by atoms with E-state index < -0.39 is 0 Å². The Hall–Kier alpha value is -0.810. The Morgan fingerprint density at radius 1 is 1.55 bits per heavy atom. The molecule has 2 heteroatoms. The van der Waals surface area contributed by atoms with Crippen molar-refractivity contribution in [1.29, 1.82) is 0 Å². The number of terminal acetylenes is 1. The monoisotopic (exact) mass is 151 g/mol. The van der Waals surface area contributed by atoms with Crippen LogP contribution in [0.2, 0.25) is 0 Å². The standard InChI is InChI=1S/C9H13NO/c1-2-9(11)7-4-3-5-8(10)6-7/h1,7-8H,3-6,10H2. The van der Waals surface area contributed by atoms with E-state index in [1.165, 1.54) is 0 Å². The van der Waals surface area contributed by atoms with Gasteiger partial charge in [-0.2, -0.15) is 0 Å². The van der Waals surface area contributed by atoms with Crippen LogP contribution >= 0.6 is 0 Å². The quantitative estimate of drug-likeness (QED) is 0.443. The first-order chi connectivity index (χ1) is 5.24. The molecule has 60 valence electrons. The molecule has 2 N–H and O–H groups in total. The summed E-state index contributed by atoms with van der Waals surface area (Å²) >= 11 is 0. The Morgan fingerprint density at radius 2 is 2.27 bits per heavy atom. The molecular weight excluding hydrogens is 138 g/mol. The molecule has 0 aromatic carbocycles. The zero-order chi connectivity index (χ0) is 8.27. The van der Waals surface area contributed by atoms with E-state index >= 15 is 0 Å². The largest absolute Gasteiger partial charge is 0.328 e. The highest BCUT2D eigenvalue weighted by molar-refractivity contribution is 5.96. The predicted molar refractivity (Wildman–Crippen MR) is 43.8 cm³/mol. The van der Waals surface area contributed by atoms with Crippen molar-refractivity contribution < 1.29 is 4.79 Å². The van der Waals surface area contributed by atoms with Gasteiger partial charge in [-0.1, -0.05) is 6.42 Å². The SMILES string of the molecule is C#CC(=O)C1CCCC(N)C1. The van der Waals surface area contributed by atoms with E-state index in [1.54, 1.807) is 0 Å². The predicted octanol–water partition coefficient (Wildman–Crippen LogP) is 0.706. The number of hydrogen-bond donors (Lipinski definition) is 1. The molecule has 0 aromatic heterocycles. The molecule has 2 nitrogen and oxygen atoms in total. The summed E-state index contributed by atoms with van der Waals surface area (Å²) in [6.45, 7) is 0. The second kappa shape index (κ2) is 3.54. The molecule has 1 saturated carbocycles. The Morgan fingerprint density at radius 3 is 2.82 bits per heavy atom. The molecule has 11 heavy (non-hydrogen) atoms. The number of carbonyl (C=O) groups excluding carboxylic acids is 1. The van der Waals surface area contributed by atoms with Crippen molar-refractivity contribution in [2.75, 3.05) is 0 Å². The van der Waals surface area contributed by atoms with Crippen molar-refractivity contribution in [3.05, 3.63) is 0 Å². The van der Waals surface area contributed by atoms with E-state index in [2.05, 4.69) is 5.92 Å². The van der Waals surface area contributed by atoms with E-state index in [0.717, 1.165) is 25.7 Å². The maximum Gasteiger partial charge on any atom is 0.208 e. The minimum absolute atomic E-state index is 0.0451. The summed E-state index contributed by atoms with van der Waals surface area (Å²) in [5, 5.41) is 0. The zero-order valence-electron chi connectivity index (χ0n) is 6.55. The first-order valence-corrected chi connectivity index (χ1v) is 4.00. The van der Waals surface area contributed by atoms with Crippen LogP contribution in [0.4, 0.5) is 0 Å². The highest BCUT2D eigenvalue weighted by Crippen LogP contribution is 2.23. The van der Waals surface area contributed by atoms with E-state index in [-0.39, 0.29) is 17.7 Å². The van der Waals surface area contributed by atoms with E-state index in [4.69, 9.17) is 12.2 Å². The van der Waals surface area contributed by atoms with Gasteiger partial charge < -0.3 is 5.73 Å². The van der Waals surface area contributed by atoms with Gasteiger partial charge in [-0.3, -0.25) is 4.79 Å². The Bertz CT molecular complexity index is 192. The number of rotatable bonds is 1. The van der Waals surface area contributed by atoms with Crippen LogP contribution in [0, 0.1) is 18.3 Å². The van der Waals surface area contributed by atoms with Crippen LogP contribution in [0.3, 0.4) is 0 Å².